The van der Waals surface area contributed by atoms with Crippen molar-refractivity contribution in [3.05, 3.63) is 24.4 Å². The molecule has 4 aliphatic rings. The third-order valence-electron chi connectivity index (χ3n) is 16.4. The van der Waals surface area contributed by atoms with E-state index in [4.69, 9.17) is 76.9 Å². The summed E-state index contributed by atoms with van der Waals surface area (Å²) in [5.41, 5.74) is 14.3. The molecule has 8 rings (SSSR count). The molecule has 0 amide bonds. The number of fused-ring (bicyclic) bond motifs is 4. The first kappa shape index (κ1) is 65.9. The summed E-state index contributed by atoms with van der Waals surface area (Å²) in [6, 6.07) is 0. The summed E-state index contributed by atoms with van der Waals surface area (Å²) < 4.78 is 71.2. The molecule has 10 atom stereocenters. The van der Waals surface area contributed by atoms with Crippen LogP contribution in [-0.2, 0) is 71.5 Å². The Kier molecular flexibility index (Phi) is 22.7. The van der Waals surface area contributed by atoms with Crippen LogP contribution in [0, 0.1) is 0 Å². The highest BCUT2D eigenvalue weighted by atomic mass is 32.7. The summed E-state index contributed by atoms with van der Waals surface area (Å²) in [6.07, 6.45) is -1.95. The monoisotopic (exact) mass is 1220 g/mol. The lowest BCUT2D eigenvalue weighted by molar-refractivity contribution is -0.894. The maximum Gasteiger partial charge on any atom is 0.226 e. The number of nitrogen functional groups attached to an aromatic ring is 1. The van der Waals surface area contributed by atoms with Gasteiger partial charge in [-0.15, -0.1) is 0 Å². The Morgan fingerprint density at radius 1 is 0.823 bits per heavy atom. The molecule has 4 aliphatic heterocycles. The highest BCUT2D eigenvalue weighted by molar-refractivity contribution is 8.32. The van der Waals surface area contributed by atoms with E-state index in [9.17, 15) is 9.46 Å². The van der Waals surface area contributed by atoms with Gasteiger partial charge in [0.05, 0.1) is 64.2 Å². The molecule has 2 bridgehead atoms. The van der Waals surface area contributed by atoms with Crippen LogP contribution < -0.4 is 36.8 Å². The summed E-state index contributed by atoms with van der Waals surface area (Å²) in [6.45, 7) is 33.5. The van der Waals surface area contributed by atoms with E-state index in [2.05, 4.69) is 127 Å². The number of hydrogen-bond donors (Lipinski definition) is 6. The quantitative estimate of drug-likeness (QED) is 0.0515. The predicted octanol–water partition coefficient (Wildman–Crippen LogP) is 5.08. The zero-order chi connectivity index (χ0) is 58.5. The molecule has 0 aliphatic carbocycles. The summed E-state index contributed by atoms with van der Waals surface area (Å²) >= 11 is 11.5. The van der Waals surface area contributed by atoms with E-state index in [-0.39, 0.29) is 39.6 Å². The number of aromatic nitrogens is 7. The Morgan fingerprint density at radius 2 is 1.41 bits per heavy atom. The molecular formula is C50H93N13O10P2S2Si2. The fraction of sp³-hybridized carbons (Fsp3) is 0.780. The van der Waals surface area contributed by atoms with Gasteiger partial charge in [-0.05, 0) is 96.2 Å². The summed E-state index contributed by atoms with van der Waals surface area (Å²) in [4.78, 5) is 40.8. The average molecular weight is 1220 g/mol. The van der Waals surface area contributed by atoms with E-state index >= 15 is 0 Å². The standard InChI is InChI=1S/C38H63N11O10P2S2Si2.2C6H15N/c1-37(2,3)64(7,8)58-27-23-18-53-60(50,62)56-26-22(17-52-61(51,63)57-28(27)34(55-23)49-20-45-25-30(40)46-36(42-15-13-39)47-33(25)49)54-35(29(26)59-65(9,10)38(4,5)6)48-16-21-12-11-14-41-31-24(21)32(48)44-19-43-31;2*1-4-7(5-2)6-3/h16,19-20,22-23,26-29,34-35H,11-15,17-18,39H2,1-10H3,(H,50,62)(H,51,63)(H,41,43,44)(H3,40,42,46,47);2*4-6H2,1-3H3/t22-,23-,26-,27-,28-,29-,34-,35-,60?,61?;;/m1../s1. The number of anilines is 3. The van der Waals surface area contributed by atoms with E-state index in [1.807, 2.05) is 23.9 Å². The van der Waals surface area contributed by atoms with Crippen molar-refractivity contribution in [3.63, 3.8) is 0 Å². The molecule has 3 saturated heterocycles. The van der Waals surface area contributed by atoms with E-state index in [0.29, 0.717) is 24.6 Å². The van der Waals surface area contributed by atoms with Gasteiger partial charge in [-0.1, -0.05) is 53.3 Å². The van der Waals surface area contributed by atoms with Crippen molar-refractivity contribution in [3.8, 4) is 0 Å². The summed E-state index contributed by atoms with van der Waals surface area (Å²) in [5, 5.41) is 6.74. The zero-order valence-electron chi connectivity index (χ0n) is 49.6. The largest absolute Gasteiger partial charge is 0.780 e. The normalized spacial score (nSPS) is 28.0. The lowest BCUT2D eigenvalue weighted by atomic mass is 10.1. The molecule has 79 heavy (non-hydrogen) atoms. The smallest absolute Gasteiger partial charge is 0.226 e. The van der Waals surface area contributed by atoms with Crippen molar-refractivity contribution in [1.29, 1.82) is 0 Å². The first-order valence-corrected chi connectivity index (χ1v) is 39.1. The second-order valence-electron chi connectivity index (χ2n) is 23.5. The second-order valence-corrected chi connectivity index (χ2v) is 38.5. The van der Waals surface area contributed by atoms with Crippen LogP contribution in [0.1, 0.15) is 108 Å². The number of quaternary nitrogens is 2. The van der Waals surface area contributed by atoms with Crippen LogP contribution in [0.5, 0.6) is 0 Å². The third-order valence-corrected chi connectivity index (χ3v) is 28.4. The molecule has 8 heterocycles. The summed E-state index contributed by atoms with van der Waals surface area (Å²) in [7, 11) is -5.36. The van der Waals surface area contributed by atoms with Gasteiger partial charge in [-0.2, -0.15) is 9.97 Å². The SMILES string of the molecule is CC(C)(C)[Si](C)(C)O[C@@H]1[C@@H]2OP([O-])(=S)OC[C@H]3O[C@@H](n4cnc5c(N)nc(NCCN)nc54)[C@H](OP(=O)([S-])OC[C@H]2O[C@H]1n1cc2c4c(ncnc41)NCCC2)[C@@H]3O[Si](C)(C)C(C)(C)C.CC[NH+](CC)CC.CC[NH+](CC)CC. The highest BCUT2D eigenvalue weighted by Crippen LogP contribution is 2.56. The maximum atomic E-state index is 14.8. The van der Waals surface area contributed by atoms with Crippen molar-refractivity contribution < 1.29 is 55.7 Å². The highest BCUT2D eigenvalue weighted by Gasteiger charge is 2.56. The van der Waals surface area contributed by atoms with E-state index < -0.39 is 85.8 Å². The number of hydrogen-bond acceptors (Lipinski definition) is 21. The van der Waals surface area contributed by atoms with Crippen molar-refractivity contribution in [2.45, 2.75) is 181 Å². The molecule has 8 N–H and O–H groups in total. The summed E-state index contributed by atoms with van der Waals surface area (Å²) in [5.74, 6) is 1.01. The Bertz CT molecular complexity index is 2710. The second kappa shape index (κ2) is 27.2. The Labute approximate surface area is 481 Å². The topological polar surface area (TPSA) is 273 Å². The molecular weight excluding hydrogens is 1120 g/mol. The van der Waals surface area contributed by atoms with Gasteiger partial charge >= 0.3 is 0 Å². The average Bonchev–Trinajstić information content (AvgIpc) is 4.29. The minimum Gasteiger partial charge on any atom is -0.780 e. The lowest BCUT2D eigenvalue weighted by Crippen LogP contribution is -3.11. The number of nitrogens with one attached hydrogen (secondary N) is 4. The molecule has 23 nitrogen and oxygen atoms in total. The zero-order valence-corrected chi connectivity index (χ0v) is 55.0. The number of aryl methyl sites for hydroxylation is 1. The Hall–Kier alpha value is -2.25. The molecule has 0 spiro atoms. The Balaban J connectivity index is 0.000000637. The number of rotatable bonds is 15. The van der Waals surface area contributed by atoms with Crippen LogP contribution in [0.2, 0.25) is 36.3 Å². The van der Waals surface area contributed by atoms with Gasteiger partial charge < -0.3 is 90.0 Å². The van der Waals surface area contributed by atoms with Gasteiger partial charge in [0.1, 0.15) is 66.7 Å². The van der Waals surface area contributed by atoms with Gasteiger partial charge in [0.15, 0.2) is 40.6 Å². The first-order chi connectivity index (χ1) is 37.0. The van der Waals surface area contributed by atoms with Crippen molar-refractivity contribution in [1.82, 2.24) is 34.1 Å². The van der Waals surface area contributed by atoms with Gasteiger partial charge in [0, 0.05) is 25.8 Å². The molecule has 4 aromatic rings. The molecule has 29 heteroatoms. The third kappa shape index (κ3) is 15.7. The molecule has 0 radical (unpaired) electrons. The fourth-order valence-electron chi connectivity index (χ4n) is 9.41. The van der Waals surface area contributed by atoms with Gasteiger partial charge in [0.25, 0.3) is 0 Å². The van der Waals surface area contributed by atoms with Crippen molar-refractivity contribution >= 4 is 94.0 Å². The van der Waals surface area contributed by atoms with Crippen LogP contribution in [0.4, 0.5) is 17.6 Å². The molecule has 0 aromatic carbocycles. The lowest BCUT2D eigenvalue weighted by Gasteiger charge is -2.42. The van der Waals surface area contributed by atoms with Crippen LogP contribution >= 0.6 is 13.5 Å². The van der Waals surface area contributed by atoms with Crippen molar-refractivity contribution in [2.75, 3.05) is 88.5 Å². The predicted molar refractivity (Wildman–Crippen MR) is 320 cm³/mol. The van der Waals surface area contributed by atoms with Crippen molar-refractivity contribution in [2.24, 2.45) is 5.73 Å². The minimum atomic E-state index is -4.50. The van der Waals surface area contributed by atoms with Crippen LogP contribution in [-0.4, -0.2) is 159 Å². The van der Waals surface area contributed by atoms with Crippen LogP contribution in [0.3, 0.4) is 0 Å². The van der Waals surface area contributed by atoms with Gasteiger partial charge in [-0.3, -0.25) is 9.13 Å². The van der Waals surface area contributed by atoms with E-state index in [0.717, 1.165) is 30.3 Å². The fourth-order valence-corrected chi connectivity index (χ4v) is 14.8. The van der Waals surface area contributed by atoms with Gasteiger partial charge in [-0.25, -0.2) is 15.0 Å². The number of nitrogens with zero attached hydrogens (tertiary/aromatic N) is 7. The number of ether oxygens (including phenoxy) is 2. The number of nitrogens with two attached hydrogens (primary N) is 2. The molecule has 4 aromatic heterocycles. The molecule has 2 unspecified atom stereocenters. The van der Waals surface area contributed by atoms with Crippen LogP contribution in [0.15, 0.2) is 18.9 Å². The van der Waals surface area contributed by atoms with Gasteiger partial charge in [0.2, 0.25) is 12.7 Å². The molecule has 3 fully saturated rings. The minimum absolute atomic E-state index is 0.0958. The van der Waals surface area contributed by atoms with E-state index in [1.54, 1.807) is 14.4 Å². The Morgan fingerprint density at radius 3 is 1.97 bits per heavy atom. The molecule has 0 saturated carbocycles. The molecule has 448 valence electrons. The maximum absolute atomic E-state index is 14.8. The first-order valence-electron chi connectivity index (χ1n) is 28.1. The van der Waals surface area contributed by atoms with E-state index in [1.165, 1.54) is 51.9 Å². The van der Waals surface area contributed by atoms with Crippen LogP contribution in [0.25, 0.3) is 22.2 Å². The number of imidazole rings is 1.